The fourth-order valence-corrected chi connectivity index (χ4v) is 3.27. The molecule has 0 spiro atoms. The molecule has 3 atom stereocenters. The molecule has 3 nitrogen and oxygen atoms in total. The van der Waals surface area contributed by atoms with Crippen LogP contribution in [0.5, 0.6) is 0 Å². The van der Waals surface area contributed by atoms with Crippen LogP contribution in [-0.2, 0) is 4.74 Å². The van der Waals surface area contributed by atoms with Gasteiger partial charge >= 0.3 is 0 Å². The van der Waals surface area contributed by atoms with Crippen LogP contribution in [0.25, 0.3) is 0 Å². The lowest BCUT2D eigenvalue weighted by Gasteiger charge is -2.47. The van der Waals surface area contributed by atoms with E-state index in [-0.39, 0.29) is 5.60 Å². The summed E-state index contributed by atoms with van der Waals surface area (Å²) >= 11 is 0. The van der Waals surface area contributed by atoms with Gasteiger partial charge in [-0.3, -0.25) is 0 Å². The van der Waals surface area contributed by atoms with Crippen molar-refractivity contribution in [2.75, 3.05) is 26.2 Å². The minimum Gasteiger partial charge on any atom is -0.390 e. The first kappa shape index (κ1) is 10.1. The van der Waals surface area contributed by atoms with Gasteiger partial charge in [0.1, 0.15) is 0 Å². The van der Waals surface area contributed by atoms with E-state index in [9.17, 15) is 5.11 Å². The molecule has 3 fully saturated rings. The van der Waals surface area contributed by atoms with Gasteiger partial charge in [0.2, 0.25) is 0 Å². The maximum absolute atomic E-state index is 10.5. The number of rotatable bonds is 2. The van der Waals surface area contributed by atoms with E-state index in [0.29, 0.717) is 12.0 Å². The third-order valence-corrected chi connectivity index (χ3v) is 4.38. The minimum absolute atomic E-state index is 0.320. The van der Waals surface area contributed by atoms with Crippen LogP contribution in [0, 0.1) is 5.92 Å². The standard InChI is InChI=1S/C12H21NO2/c14-12-4-2-1-3-10(12)7-13(6-5-12)8-11-9-15-11/h10-11,14H,1-9H2. The van der Waals surface area contributed by atoms with Crippen molar-refractivity contribution in [2.45, 2.75) is 43.8 Å². The zero-order chi connectivity index (χ0) is 10.3. The van der Waals surface area contributed by atoms with Gasteiger partial charge in [-0.05, 0) is 19.3 Å². The molecule has 3 unspecified atom stereocenters. The summed E-state index contributed by atoms with van der Waals surface area (Å²) in [6.45, 7) is 4.20. The highest BCUT2D eigenvalue weighted by Crippen LogP contribution is 2.39. The van der Waals surface area contributed by atoms with Crippen molar-refractivity contribution >= 4 is 0 Å². The van der Waals surface area contributed by atoms with Crippen molar-refractivity contribution in [2.24, 2.45) is 5.92 Å². The van der Waals surface area contributed by atoms with E-state index in [1.807, 2.05) is 0 Å². The zero-order valence-corrected chi connectivity index (χ0v) is 9.32. The normalized spacial score (nSPS) is 46.2. The Labute approximate surface area is 91.4 Å². The van der Waals surface area contributed by atoms with Gasteiger partial charge in [-0.2, -0.15) is 0 Å². The Hall–Kier alpha value is -0.120. The van der Waals surface area contributed by atoms with Crippen molar-refractivity contribution in [3.8, 4) is 0 Å². The molecule has 15 heavy (non-hydrogen) atoms. The molecule has 0 bridgehead atoms. The highest BCUT2D eigenvalue weighted by molar-refractivity contribution is 4.96. The lowest BCUT2D eigenvalue weighted by molar-refractivity contribution is -0.0958. The van der Waals surface area contributed by atoms with Gasteiger partial charge in [-0.25, -0.2) is 0 Å². The molecule has 0 aromatic carbocycles. The minimum atomic E-state index is -0.320. The van der Waals surface area contributed by atoms with E-state index < -0.39 is 0 Å². The molecule has 1 N–H and O–H groups in total. The Kier molecular flexibility index (Phi) is 2.49. The number of fused-ring (bicyclic) bond motifs is 1. The van der Waals surface area contributed by atoms with Crippen LogP contribution < -0.4 is 0 Å². The Bertz CT molecular complexity index is 242. The monoisotopic (exact) mass is 211 g/mol. The van der Waals surface area contributed by atoms with Gasteiger partial charge in [-0.1, -0.05) is 12.8 Å². The summed E-state index contributed by atoms with van der Waals surface area (Å²) in [6, 6.07) is 0. The van der Waals surface area contributed by atoms with E-state index >= 15 is 0 Å². The van der Waals surface area contributed by atoms with Gasteiger partial charge in [0, 0.05) is 25.6 Å². The van der Waals surface area contributed by atoms with Crippen LogP contribution in [0.1, 0.15) is 32.1 Å². The molecule has 3 aliphatic rings. The number of ether oxygens (including phenoxy) is 1. The fraction of sp³-hybridized carbons (Fsp3) is 1.00. The molecular formula is C12H21NO2. The molecule has 0 aromatic heterocycles. The molecule has 86 valence electrons. The first-order valence-corrected chi connectivity index (χ1v) is 6.33. The summed E-state index contributed by atoms with van der Waals surface area (Å²) in [6.07, 6.45) is 6.26. The largest absolute Gasteiger partial charge is 0.390 e. The Morgan fingerprint density at radius 2 is 2.20 bits per heavy atom. The second-order valence-electron chi connectivity index (χ2n) is 5.51. The Balaban J connectivity index is 1.60. The highest BCUT2D eigenvalue weighted by Gasteiger charge is 2.43. The number of likely N-dealkylation sites (tertiary alicyclic amines) is 1. The first-order valence-electron chi connectivity index (χ1n) is 6.33. The molecule has 3 heteroatoms. The summed E-state index contributed by atoms with van der Waals surface area (Å²) in [5.41, 5.74) is -0.320. The number of hydrogen-bond acceptors (Lipinski definition) is 3. The number of hydrogen-bond donors (Lipinski definition) is 1. The molecule has 0 amide bonds. The van der Waals surface area contributed by atoms with Crippen LogP contribution in [0.3, 0.4) is 0 Å². The van der Waals surface area contributed by atoms with E-state index in [2.05, 4.69) is 4.90 Å². The number of aliphatic hydroxyl groups is 1. The SMILES string of the molecule is OC12CCCCC1CN(CC1CO1)CC2. The summed E-state index contributed by atoms with van der Waals surface area (Å²) in [4.78, 5) is 2.49. The maximum atomic E-state index is 10.5. The first-order chi connectivity index (χ1) is 7.26. The van der Waals surface area contributed by atoms with E-state index in [1.165, 1.54) is 19.3 Å². The van der Waals surface area contributed by atoms with Crippen molar-refractivity contribution in [1.29, 1.82) is 0 Å². The summed E-state index contributed by atoms with van der Waals surface area (Å²) in [5, 5.41) is 10.5. The van der Waals surface area contributed by atoms with Gasteiger partial charge in [0.15, 0.2) is 0 Å². The molecule has 2 heterocycles. The summed E-state index contributed by atoms with van der Waals surface area (Å²) in [5.74, 6) is 0.527. The zero-order valence-electron chi connectivity index (χ0n) is 9.32. The fourth-order valence-electron chi connectivity index (χ4n) is 3.27. The van der Waals surface area contributed by atoms with Gasteiger partial charge in [-0.15, -0.1) is 0 Å². The third-order valence-electron chi connectivity index (χ3n) is 4.38. The molecule has 0 radical (unpaired) electrons. The van der Waals surface area contributed by atoms with Crippen molar-refractivity contribution in [3.05, 3.63) is 0 Å². The Morgan fingerprint density at radius 1 is 1.33 bits per heavy atom. The average molecular weight is 211 g/mol. The predicted molar refractivity (Wildman–Crippen MR) is 57.7 cm³/mol. The Morgan fingerprint density at radius 3 is 3.00 bits per heavy atom. The van der Waals surface area contributed by atoms with Crippen LogP contribution in [0.15, 0.2) is 0 Å². The van der Waals surface area contributed by atoms with Crippen molar-refractivity contribution < 1.29 is 9.84 Å². The summed E-state index contributed by atoms with van der Waals surface area (Å²) in [7, 11) is 0. The molecule has 3 rings (SSSR count). The molecule has 1 aliphatic carbocycles. The average Bonchev–Trinajstić information content (AvgIpc) is 3.02. The van der Waals surface area contributed by atoms with Gasteiger partial charge in [0.25, 0.3) is 0 Å². The van der Waals surface area contributed by atoms with Gasteiger partial charge < -0.3 is 14.7 Å². The maximum Gasteiger partial charge on any atom is 0.0936 e. The number of nitrogens with zero attached hydrogens (tertiary/aromatic N) is 1. The molecule has 2 saturated heterocycles. The predicted octanol–water partition coefficient (Wildman–Crippen LogP) is 1.01. The van der Waals surface area contributed by atoms with Crippen molar-refractivity contribution in [1.82, 2.24) is 4.90 Å². The van der Waals surface area contributed by atoms with Crippen LogP contribution in [-0.4, -0.2) is 48.0 Å². The van der Waals surface area contributed by atoms with E-state index in [0.717, 1.165) is 39.1 Å². The second kappa shape index (κ2) is 3.72. The topological polar surface area (TPSA) is 36.0 Å². The molecule has 2 aliphatic heterocycles. The van der Waals surface area contributed by atoms with Crippen LogP contribution in [0.2, 0.25) is 0 Å². The smallest absolute Gasteiger partial charge is 0.0936 e. The van der Waals surface area contributed by atoms with Crippen LogP contribution >= 0.6 is 0 Å². The van der Waals surface area contributed by atoms with E-state index in [1.54, 1.807) is 0 Å². The highest BCUT2D eigenvalue weighted by atomic mass is 16.6. The number of piperidine rings is 1. The third kappa shape index (κ3) is 2.05. The van der Waals surface area contributed by atoms with Crippen molar-refractivity contribution in [3.63, 3.8) is 0 Å². The van der Waals surface area contributed by atoms with Gasteiger partial charge in [0.05, 0.1) is 18.3 Å². The molecule has 1 saturated carbocycles. The number of epoxide rings is 1. The van der Waals surface area contributed by atoms with Crippen LogP contribution in [0.4, 0.5) is 0 Å². The molecule has 0 aromatic rings. The quantitative estimate of drug-likeness (QED) is 0.693. The lowest BCUT2D eigenvalue weighted by Crippen LogP contribution is -2.53. The second-order valence-corrected chi connectivity index (χ2v) is 5.51. The summed E-state index contributed by atoms with van der Waals surface area (Å²) < 4.78 is 5.27. The van der Waals surface area contributed by atoms with E-state index in [4.69, 9.17) is 4.74 Å². The lowest BCUT2D eigenvalue weighted by atomic mass is 9.71. The molecular weight excluding hydrogens is 190 g/mol.